The fourth-order valence-electron chi connectivity index (χ4n) is 2.96. The first-order valence-electron chi connectivity index (χ1n) is 8.40. The van der Waals surface area contributed by atoms with E-state index in [2.05, 4.69) is 15.6 Å². The van der Waals surface area contributed by atoms with Crippen molar-refractivity contribution in [3.63, 3.8) is 0 Å². The highest BCUT2D eigenvalue weighted by Crippen LogP contribution is 2.21. The molecule has 1 aliphatic carbocycles. The fraction of sp³-hybridized carbons (Fsp3) is 0.556. The Kier molecular flexibility index (Phi) is 6.90. The Bertz CT molecular complexity index is 581. The summed E-state index contributed by atoms with van der Waals surface area (Å²) in [6.07, 6.45) is 6.25. The van der Waals surface area contributed by atoms with Crippen molar-refractivity contribution in [3.8, 4) is 5.75 Å². The second-order valence-electron chi connectivity index (χ2n) is 5.93. The van der Waals surface area contributed by atoms with Gasteiger partial charge in [-0.2, -0.15) is 0 Å². The van der Waals surface area contributed by atoms with Gasteiger partial charge >= 0.3 is 5.97 Å². The summed E-state index contributed by atoms with van der Waals surface area (Å²) in [5.41, 5.74) is 1.39. The maximum Gasteiger partial charge on any atom is 0.341 e. The Labute approximate surface area is 143 Å². The summed E-state index contributed by atoms with van der Waals surface area (Å²) in [6.45, 7) is 0.570. The van der Waals surface area contributed by atoms with Gasteiger partial charge in [0, 0.05) is 19.6 Å². The van der Waals surface area contributed by atoms with Crippen LogP contribution in [-0.2, 0) is 11.3 Å². The molecule has 0 atom stereocenters. The third-order valence-corrected chi connectivity index (χ3v) is 4.30. The first kappa shape index (κ1) is 18.1. The van der Waals surface area contributed by atoms with E-state index in [1.54, 1.807) is 19.2 Å². The van der Waals surface area contributed by atoms with Crippen LogP contribution in [-0.4, -0.2) is 39.2 Å². The maximum atomic E-state index is 11.8. The van der Waals surface area contributed by atoms with Crippen molar-refractivity contribution in [3.05, 3.63) is 29.3 Å². The van der Waals surface area contributed by atoms with Gasteiger partial charge < -0.3 is 20.1 Å². The van der Waals surface area contributed by atoms with Crippen molar-refractivity contribution in [2.24, 2.45) is 4.99 Å². The molecular weight excluding hydrogens is 306 g/mol. The zero-order chi connectivity index (χ0) is 17.4. The smallest absolute Gasteiger partial charge is 0.341 e. The minimum absolute atomic E-state index is 0.404. The minimum Gasteiger partial charge on any atom is -0.496 e. The number of nitrogens with one attached hydrogen (secondary N) is 2. The van der Waals surface area contributed by atoms with E-state index in [1.165, 1.54) is 46.3 Å². The molecule has 132 valence electrons. The van der Waals surface area contributed by atoms with E-state index in [4.69, 9.17) is 9.47 Å². The van der Waals surface area contributed by atoms with Gasteiger partial charge in [-0.3, -0.25) is 4.99 Å². The molecule has 0 unspecified atom stereocenters. The van der Waals surface area contributed by atoms with E-state index in [0.717, 1.165) is 11.5 Å². The highest BCUT2D eigenvalue weighted by atomic mass is 16.5. The zero-order valence-corrected chi connectivity index (χ0v) is 14.7. The van der Waals surface area contributed by atoms with Crippen LogP contribution in [0, 0.1) is 0 Å². The average molecular weight is 333 g/mol. The molecule has 0 spiro atoms. The van der Waals surface area contributed by atoms with Crippen molar-refractivity contribution >= 4 is 11.9 Å². The predicted octanol–water partition coefficient (Wildman–Crippen LogP) is 2.48. The predicted molar refractivity (Wildman–Crippen MR) is 94.5 cm³/mol. The van der Waals surface area contributed by atoms with Gasteiger partial charge in [-0.1, -0.05) is 25.3 Å². The molecule has 0 aromatic heterocycles. The van der Waals surface area contributed by atoms with E-state index >= 15 is 0 Å². The van der Waals surface area contributed by atoms with Gasteiger partial charge in [-0.05, 0) is 30.5 Å². The summed E-state index contributed by atoms with van der Waals surface area (Å²) in [6, 6.07) is 5.98. The lowest BCUT2D eigenvalue weighted by Gasteiger charge is -2.25. The molecule has 2 rings (SSSR count). The number of methoxy groups -OCH3 is 2. The van der Waals surface area contributed by atoms with Crippen LogP contribution in [0.25, 0.3) is 0 Å². The molecule has 0 heterocycles. The summed E-state index contributed by atoms with van der Waals surface area (Å²) in [7, 11) is 4.67. The number of nitrogens with zero attached hydrogens (tertiary/aromatic N) is 1. The van der Waals surface area contributed by atoms with Gasteiger partial charge in [0.2, 0.25) is 0 Å². The number of esters is 1. The summed E-state index contributed by atoms with van der Waals surface area (Å²) >= 11 is 0. The largest absolute Gasteiger partial charge is 0.496 e. The molecule has 24 heavy (non-hydrogen) atoms. The first-order chi connectivity index (χ1) is 11.7. The molecule has 2 N–H and O–H groups in total. The van der Waals surface area contributed by atoms with Gasteiger partial charge in [-0.15, -0.1) is 0 Å². The quantitative estimate of drug-likeness (QED) is 0.492. The molecule has 0 aliphatic heterocycles. The van der Waals surface area contributed by atoms with Gasteiger partial charge in [0.25, 0.3) is 0 Å². The zero-order valence-electron chi connectivity index (χ0n) is 14.7. The normalized spacial score (nSPS) is 15.7. The monoisotopic (exact) mass is 333 g/mol. The third kappa shape index (κ3) is 4.88. The highest BCUT2D eigenvalue weighted by Gasteiger charge is 2.15. The Morgan fingerprint density at radius 3 is 2.62 bits per heavy atom. The van der Waals surface area contributed by atoms with Crippen molar-refractivity contribution in [2.75, 3.05) is 21.3 Å². The third-order valence-electron chi connectivity index (χ3n) is 4.30. The number of guanidine groups is 1. The molecular formula is C18H27N3O3. The number of hydrogen-bond donors (Lipinski definition) is 2. The van der Waals surface area contributed by atoms with Crippen LogP contribution in [0.3, 0.4) is 0 Å². The van der Waals surface area contributed by atoms with E-state index < -0.39 is 5.97 Å². The van der Waals surface area contributed by atoms with Gasteiger partial charge in [-0.25, -0.2) is 4.79 Å². The van der Waals surface area contributed by atoms with Crippen LogP contribution in [0.2, 0.25) is 0 Å². The van der Waals surface area contributed by atoms with Crippen molar-refractivity contribution in [1.29, 1.82) is 0 Å². The van der Waals surface area contributed by atoms with Gasteiger partial charge in [0.15, 0.2) is 5.96 Å². The Balaban J connectivity index is 1.98. The number of benzene rings is 1. The van der Waals surface area contributed by atoms with Crippen LogP contribution in [0.1, 0.15) is 48.0 Å². The summed E-state index contributed by atoms with van der Waals surface area (Å²) in [5.74, 6) is 0.895. The number of hydrogen-bond acceptors (Lipinski definition) is 4. The lowest BCUT2D eigenvalue weighted by Crippen LogP contribution is -2.43. The number of aliphatic imine (C=N–C) groups is 1. The Morgan fingerprint density at radius 2 is 2.00 bits per heavy atom. The number of carbonyl (C=O) groups is 1. The number of rotatable bonds is 5. The van der Waals surface area contributed by atoms with Crippen LogP contribution < -0.4 is 15.4 Å². The van der Waals surface area contributed by atoms with Crippen LogP contribution in [0.4, 0.5) is 0 Å². The average Bonchev–Trinajstić information content (AvgIpc) is 2.65. The minimum atomic E-state index is -0.404. The molecule has 6 nitrogen and oxygen atoms in total. The molecule has 1 aromatic rings. The van der Waals surface area contributed by atoms with Gasteiger partial charge in [0.05, 0.1) is 14.2 Å². The molecule has 1 saturated carbocycles. The molecule has 0 saturated heterocycles. The lowest BCUT2D eigenvalue weighted by atomic mass is 9.96. The van der Waals surface area contributed by atoms with E-state index in [0.29, 0.717) is 23.9 Å². The van der Waals surface area contributed by atoms with Gasteiger partial charge in [0.1, 0.15) is 11.3 Å². The summed E-state index contributed by atoms with van der Waals surface area (Å²) in [4.78, 5) is 16.1. The maximum absolute atomic E-state index is 11.8. The second kappa shape index (κ2) is 9.15. The molecule has 0 radical (unpaired) electrons. The van der Waals surface area contributed by atoms with E-state index in [-0.39, 0.29) is 0 Å². The van der Waals surface area contributed by atoms with Crippen molar-refractivity contribution < 1.29 is 14.3 Å². The van der Waals surface area contributed by atoms with Crippen molar-refractivity contribution in [1.82, 2.24) is 10.6 Å². The van der Waals surface area contributed by atoms with Crippen LogP contribution in [0.5, 0.6) is 5.75 Å². The SMILES string of the molecule is CN=C(NCc1ccc(OC)c(C(=O)OC)c1)NC1CCCCC1. The second-order valence-corrected chi connectivity index (χ2v) is 5.93. The van der Waals surface area contributed by atoms with Crippen LogP contribution >= 0.6 is 0 Å². The number of carbonyl (C=O) groups excluding carboxylic acids is 1. The lowest BCUT2D eigenvalue weighted by molar-refractivity contribution is 0.0597. The standard InChI is InChI=1S/C18H27N3O3/c1-19-18(21-14-7-5-4-6-8-14)20-12-13-9-10-16(23-2)15(11-13)17(22)24-3/h9-11,14H,4-8,12H2,1-3H3,(H2,19,20,21). The topological polar surface area (TPSA) is 72.0 Å². The first-order valence-corrected chi connectivity index (χ1v) is 8.40. The molecule has 1 aromatic carbocycles. The molecule has 1 fully saturated rings. The Morgan fingerprint density at radius 1 is 1.25 bits per heavy atom. The van der Waals surface area contributed by atoms with E-state index in [1.807, 2.05) is 6.07 Å². The highest BCUT2D eigenvalue weighted by molar-refractivity contribution is 5.92. The summed E-state index contributed by atoms with van der Waals surface area (Å²) in [5, 5.41) is 6.77. The Hall–Kier alpha value is -2.24. The van der Waals surface area contributed by atoms with Crippen molar-refractivity contribution in [2.45, 2.75) is 44.7 Å². The fourth-order valence-corrected chi connectivity index (χ4v) is 2.96. The molecule has 0 bridgehead atoms. The van der Waals surface area contributed by atoms with E-state index in [9.17, 15) is 4.79 Å². The number of ether oxygens (including phenoxy) is 2. The molecule has 1 aliphatic rings. The molecule has 6 heteroatoms. The summed E-state index contributed by atoms with van der Waals surface area (Å²) < 4.78 is 10.0. The molecule has 0 amide bonds. The van der Waals surface area contributed by atoms with Crippen LogP contribution in [0.15, 0.2) is 23.2 Å².